The van der Waals surface area contributed by atoms with Gasteiger partial charge in [-0.15, -0.1) is 0 Å². The van der Waals surface area contributed by atoms with Crippen molar-refractivity contribution in [2.75, 3.05) is 38.6 Å². The van der Waals surface area contributed by atoms with E-state index in [0.29, 0.717) is 18.2 Å². The first-order chi connectivity index (χ1) is 9.67. The second-order valence-electron chi connectivity index (χ2n) is 5.46. The molecule has 1 atom stereocenters. The van der Waals surface area contributed by atoms with E-state index in [2.05, 4.69) is 4.90 Å². The highest BCUT2D eigenvalue weighted by Crippen LogP contribution is 2.17. The summed E-state index contributed by atoms with van der Waals surface area (Å²) in [7, 11) is 0. The quantitative estimate of drug-likeness (QED) is 0.669. The van der Waals surface area contributed by atoms with Crippen LogP contribution in [0.5, 0.6) is 5.75 Å². The zero-order valence-electron chi connectivity index (χ0n) is 11.7. The number of hydrogen-bond acceptors (Lipinski definition) is 5. The van der Waals surface area contributed by atoms with E-state index in [4.69, 9.17) is 15.6 Å². The average molecular weight is 280 g/mol. The van der Waals surface area contributed by atoms with E-state index in [1.54, 1.807) is 24.3 Å². The lowest BCUT2D eigenvalue weighted by Crippen LogP contribution is -2.41. The minimum atomic E-state index is -0.502. The van der Waals surface area contributed by atoms with E-state index in [1.165, 1.54) is 0 Å². The zero-order chi connectivity index (χ0) is 14.4. The first-order valence-electron chi connectivity index (χ1n) is 7.17. The van der Waals surface area contributed by atoms with E-state index in [9.17, 15) is 5.11 Å². The van der Waals surface area contributed by atoms with Crippen LogP contribution in [0.25, 0.3) is 0 Å². The highest BCUT2D eigenvalue weighted by atomic mass is 16.5. The summed E-state index contributed by atoms with van der Waals surface area (Å²) in [6, 6.07) is 7.16. The van der Waals surface area contributed by atoms with Crippen LogP contribution in [0, 0.1) is 5.92 Å². The van der Waals surface area contributed by atoms with Crippen LogP contribution in [0.3, 0.4) is 0 Å². The first-order valence-corrected chi connectivity index (χ1v) is 7.17. The van der Waals surface area contributed by atoms with Crippen molar-refractivity contribution >= 4 is 5.69 Å². The molecule has 0 amide bonds. The number of anilines is 1. The number of benzene rings is 1. The number of ether oxygens (including phenoxy) is 1. The molecule has 0 spiro atoms. The summed E-state index contributed by atoms with van der Waals surface area (Å²) in [4.78, 5) is 2.23. The lowest BCUT2D eigenvalue weighted by atomic mass is 9.98. The van der Waals surface area contributed by atoms with Gasteiger partial charge in [-0.05, 0) is 56.1 Å². The molecule has 1 aliphatic rings. The van der Waals surface area contributed by atoms with Gasteiger partial charge in [0.15, 0.2) is 0 Å². The monoisotopic (exact) mass is 280 g/mol. The van der Waals surface area contributed by atoms with Crippen molar-refractivity contribution in [1.82, 2.24) is 4.90 Å². The Morgan fingerprint density at radius 3 is 2.50 bits per heavy atom. The van der Waals surface area contributed by atoms with Crippen LogP contribution >= 0.6 is 0 Å². The predicted octanol–water partition coefficient (Wildman–Crippen LogP) is 0.713. The number of hydrogen-bond donors (Lipinski definition) is 3. The number of nitrogens with two attached hydrogens (primary N) is 1. The second-order valence-corrected chi connectivity index (χ2v) is 5.46. The molecule has 0 aliphatic carbocycles. The standard InChI is InChI=1S/C15H24N2O3/c16-13-1-3-15(4-2-13)20-11-14(19)9-17-7-5-12(10-18)6-8-17/h1-4,12,14,18-19H,5-11,16H2. The SMILES string of the molecule is Nc1ccc(OCC(O)CN2CCC(CO)CC2)cc1. The van der Waals surface area contributed by atoms with E-state index in [1.807, 2.05) is 0 Å². The van der Waals surface area contributed by atoms with Crippen LogP contribution in [0.15, 0.2) is 24.3 Å². The number of nitrogens with zero attached hydrogens (tertiary/aromatic N) is 1. The molecule has 1 aromatic carbocycles. The molecule has 1 saturated heterocycles. The van der Waals surface area contributed by atoms with Crippen molar-refractivity contribution in [2.24, 2.45) is 5.92 Å². The highest BCUT2D eigenvalue weighted by Gasteiger charge is 2.20. The molecule has 20 heavy (non-hydrogen) atoms. The maximum absolute atomic E-state index is 10.00. The maximum Gasteiger partial charge on any atom is 0.119 e. The van der Waals surface area contributed by atoms with Gasteiger partial charge in [-0.25, -0.2) is 0 Å². The van der Waals surface area contributed by atoms with Crippen LogP contribution in [0.4, 0.5) is 5.69 Å². The number of piperidine rings is 1. The van der Waals surface area contributed by atoms with Crippen molar-refractivity contribution in [3.8, 4) is 5.75 Å². The number of aliphatic hydroxyl groups excluding tert-OH is 2. The van der Waals surface area contributed by atoms with E-state index >= 15 is 0 Å². The Bertz CT molecular complexity index is 389. The Morgan fingerprint density at radius 2 is 1.90 bits per heavy atom. The van der Waals surface area contributed by atoms with Crippen molar-refractivity contribution in [2.45, 2.75) is 18.9 Å². The van der Waals surface area contributed by atoms with Gasteiger partial charge in [0, 0.05) is 18.8 Å². The fourth-order valence-electron chi connectivity index (χ4n) is 2.46. The topological polar surface area (TPSA) is 79.0 Å². The Labute approximate surface area is 120 Å². The summed E-state index contributed by atoms with van der Waals surface area (Å²) >= 11 is 0. The van der Waals surface area contributed by atoms with E-state index < -0.39 is 6.10 Å². The summed E-state index contributed by atoms with van der Waals surface area (Å²) in [5.41, 5.74) is 6.30. The lowest BCUT2D eigenvalue weighted by molar-refractivity contribution is 0.0489. The summed E-state index contributed by atoms with van der Waals surface area (Å²) < 4.78 is 5.53. The molecule has 2 rings (SSSR count). The van der Waals surface area contributed by atoms with Crippen LogP contribution in [0.1, 0.15) is 12.8 Å². The maximum atomic E-state index is 10.00. The Kier molecular flexibility index (Phi) is 5.64. The molecule has 4 N–H and O–H groups in total. The average Bonchev–Trinajstić information content (AvgIpc) is 2.47. The third kappa shape index (κ3) is 4.67. The summed E-state index contributed by atoms with van der Waals surface area (Å²) in [5, 5.41) is 19.1. The molecule has 5 heteroatoms. The van der Waals surface area contributed by atoms with Gasteiger partial charge in [-0.1, -0.05) is 0 Å². The normalized spacial score (nSPS) is 18.9. The molecule has 0 aromatic heterocycles. The molecule has 1 heterocycles. The molecule has 1 unspecified atom stereocenters. The van der Waals surface area contributed by atoms with Crippen LogP contribution in [-0.4, -0.2) is 54.1 Å². The molecule has 112 valence electrons. The molecular weight excluding hydrogens is 256 g/mol. The molecule has 5 nitrogen and oxygen atoms in total. The van der Waals surface area contributed by atoms with Crippen LogP contribution in [-0.2, 0) is 0 Å². The molecule has 1 aliphatic heterocycles. The van der Waals surface area contributed by atoms with Crippen molar-refractivity contribution in [3.63, 3.8) is 0 Å². The molecule has 0 bridgehead atoms. The van der Waals surface area contributed by atoms with E-state index in [-0.39, 0.29) is 13.2 Å². The van der Waals surface area contributed by atoms with Crippen LogP contribution in [0.2, 0.25) is 0 Å². The smallest absolute Gasteiger partial charge is 0.119 e. The van der Waals surface area contributed by atoms with Gasteiger partial charge >= 0.3 is 0 Å². The second kappa shape index (κ2) is 7.47. The summed E-state index contributed by atoms with van der Waals surface area (Å²) in [5.74, 6) is 1.15. The number of likely N-dealkylation sites (tertiary alicyclic amines) is 1. The van der Waals surface area contributed by atoms with Crippen molar-refractivity contribution in [3.05, 3.63) is 24.3 Å². The minimum absolute atomic E-state index is 0.274. The molecule has 0 saturated carbocycles. The first kappa shape index (κ1) is 15.1. The van der Waals surface area contributed by atoms with Crippen molar-refractivity contribution in [1.29, 1.82) is 0 Å². The van der Waals surface area contributed by atoms with Gasteiger partial charge in [0.2, 0.25) is 0 Å². The fourth-order valence-corrected chi connectivity index (χ4v) is 2.46. The lowest BCUT2D eigenvalue weighted by Gasteiger charge is -2.32. The third-order valence-corrected chi connectivity index (χ3v) is 3.76. The number of β-amino-alcohol motifs (C(OH)–C–C–N with tert-alkyl or cyclic N) is 1. The van der Waals surface area contributed by atoms with Gasteiger partial charge in [0.1, 0.15) is 18.5 Å². The zero-order valence-corrected chi connectivity index (χ0v) is 11.7. The largest absolute Gasteiger partial charge is 0.491 e. The van der Waals surface area contributed by atoms with Crippen molar-refractivity contribution < 1.29 is 14.9 Å². The summed E-state index contributed by atoms with van der Waals surface area (Å²) in [6.07, 6.45) is 1.50. The van der Waals surface area contributed by atoms with Gasteiger partial charge < -0.3 is 25.6 Å². The Balaban J connectivity index is 1.68. The number of rotatable bonds is 6. The molecule has 0 radical (unpaired) electrons. The van der Waals surface area contributed by atoms with Gasteiger partial charge in [0.05, 0.1) is 0 Å². The van der Waals surface area contributed by atoms with Gasteiger partial charge in [-0.2, -0.15) is 0 Å². The molecular formula is C15H24N2O3. The summed E-state index contributed by atoms with van der Waals surface area (Å²) in [6.45, 7) is 3.04. The predicted molar refractivity (Wildman–Crippen MR) is 78.6 cm³/mol. The van der Waals surface area contributed by atoms with Gasteiger partial charge in [0.25, 0.3) is 0 Å². The number of aliphatic hydroxyl groups is 2. The Hall–Kier alpha value is -1.30. The molecule has 1 aromatic rings. The Morgan fingerprint density at radius 1 is 1.25 bits per heavy atom. The van der Waals surface area contributed by atoms with Crippen LogP contribution < -0.4 is 10.5 Å². The number of nitrogen functional groups attached to an aromatic ring is 1. The fraction of sp³-hybridized carbons (Fsp3) is 0.600. The minimum Gasteiger partial charge on any atom is -0.491 e. The third-order valence-electron chi connectivity index (χ3n) is 3.76. The highest BCUT2D eigenvalue weighted by molar-refractivity contribution is 5.41. The molecule has 1 fully saturated rings. The van der Waals surface area contributed by atoms with Gasteiger partial charge in [-0.3, -0.25) is 0 Å². The van der Waals surface area contributed by atoms with E-state index in [0.717, 1.165) is 31.7 Å².